The molecule has 1 atom stereocenters. The van der Waals surface area contributed by atoms with Crippen LogP contribution in [0.15, 0.2) is 30.3 Å². The van der Waals surface area contributed by atoms with Crippen molar-refractivity contribution in [2.24, 2.45) is 0 Å². The molecule has 0 unspecified atom stereocenters. The molecule has 1 aromatic heterocycles. The number of nitrogens with zero attached hydrogens (tertiary/aromatic N) is 1. The molecule has 1 N–H and O–H groups in total. The van der Waals surface area contributed by atoms with E-state index in [0.29, 0.717) is 35.2 Å². The van der Waals surface area contributed by atoms with Gasteiger partial charge in [-0.05, 0) is 43.2 Å². The summed E-state index contributed by atoms with van der Waals surface area (Å²) in [5.74, 6) is 0.425. The van der Waals surface area contributed by atoms with Crippen LogP contribution in [0, 0.1) is 0 Å². The van der Waals surface area contributed by atoms with Gasteiger partial charge < -0.3 is 14.8 Å². The number of carbonyl (C=O) groups excluding carboxylic acids is 3. The molecule has 2 aromatic rings. The molecule has 3 amide bonds. The van der Waals surface area contributed by atoms with Crippen LogP contribution in [0.3, 0.4) is 0 Å². The Morgan fingerprint density at radius 3 is 2.64 bits per heavy atom. The van der Waals surface area contributed by atoms with Gasteiger partial charge in [0.1, 0.15) is 18.8 Å². The summed E-state index contributed by atoms with van der Waals surface area (Å²) < 4.78 is 11.1. The SMILES string of the molecule is CCc1ccc(C(=O)CN2C(=O)N[C@@](C)(c3ccc4c(c3)OCCO4)C2=O)s1. The van der Waals surface area contributed by atoms with Crippen LogP contribution < -0.4 is 14.8 Å². The second kappa shape index (κ2) is 6.94. The smallest absolute Gasteiger partial charge is 0.325 e. The number of rotatable bonds is 5. The fourth-order valence-electron chi connectivity index (χ4n) is 3.33. The number of ketones is 1. The zero-order valence-corrected chi connectivity index (χ0v) is 16.4. The predicted octanol–water partition coefficient (Wildman–Crippen LogP) is 2.73. The maximum absolute atomic E-state index is 13.1. The van der Waals surface area contributed by atoms with E-state index in [2.05, 4.69) is 5.32 Å². The number of benzene rings is 1. The summed E-state index contributed by atoms with van der Waals surface area (Å²) in [7, 11) is 0. The van der Waals surface area contributed by atoms with Crippen LogP contribution in [0.2, 0.25) is 0 Å². The van der Waals surface area contributed by atoms with Gasteiger partial charge in [0.2, 0.25) is 0 Å². The first kappa shape index (κ1) is 18.5. The maximum Gasteiger partial charge on any atom is 0.325 e. The third-order valence-electron chi connectivity index (χ3n) is 4.98. The fraction of sp³-hybridized carbons (Fsp3) is 0.350. The Morgan fingerprint density at radius 1 is 1.18 bits per heavy atom. The molecule has 2 aliphatic heterocycles. The minimum absolute atomic E-state index is 0.250. The molecule has 1 aromatic carbocycles. The standard InChI is InChI=1S/C20H20N2O5S/c1-3-13-5-7-17(28-13)14(23)11-22-18(24)20(2,21-19(22)25)12-4-6-15-16(10-12)27-9-8-26-15/h4-7,10H,3,8-9,11H2,1-2H3,(H,21,25)/t20-/m0/s1. The van der Waals surface area contributed by atoms with Crippen LogP contribution in [0.1, 0.15) is 34.0 Å². The number of hydrogen-bond donors (Lipinski definition) is 1. The van der Waals surface area contributed by atoms with Gasteiger partial charge in [-0.2, -0.15) is 0 Å². The van der Waals surface area contributed by atoms with Gasteiger partial charge in [-0.15, -0.1) is 11.3 Å². The van der Waals surface area contributed by atoms with Crippen molar-refractivity contribution in [2.45, 2.75) is 25.8 Å². The highest BCUT2D eigenvalue weighted by atomic mass is 32.1. The third kappa shape index (κ3) is 3.03. The third-order valence-corrected chi connectivity index (χ3v) is 6.25. The van der Waals surface area contributed by atoms with Crippen LogP contribution >= 0.6 is 11.3 Å². The summed E-state index contributed by atoms with van der Waals surface area (Å²) in [5.41, 5.74) is -0.688. The first-order valence-corrected chi connectivity index (χ1v) is 9.90. The molecule has 2 aliphatic rings. The maximum atomic E-state index is 13.1. The quantitative estimate of drug-likeness (QED) is 0.616. The van der Waals surface area contributed by atoms with Gasteiger partial charge in [-0.1, -0.05) is 13.0 Å². The lowest BCUT2D eigenvalue weighted by molar-refractivity contribution is -0.130. The minimum Gasteiger partial charge on any atom is -0.486 e. The highest BCUT2D eigenvalue weighted by Gasteiger charge is 2.49. The molecule has 28 heavy (non-hydrogen) atoms. The molecule has 0 aliphatic carbocycles. The Labute approximate surface area is 166 Å². The predicted molar refractivity (Wildman–Crippen MR) is 103 cm³/mol. The van der Waals surface area contributed by atoms with Gasteiger partial charge in [0.15, 0.2) is 17.3 Å². The molecule has 8 heteroatoms. The zero-order chi connectivity index (χ0) is 19.9. The Kier molecular flexibility index (Phi) is 4.58. The van der Waals surface area contributed by atoms with Crippen molar-refractivity contribution in [1.82, 2.24) is 10.2 Å². The number of nitrogens with one attached hydrogen (secondary N) is 1. The van der Waals surface area contributed by atoms with E-state index in [1.165, 1.54) is 11.3 Å². The average Bonchev–Trinajstić information content (AvgIpc) is 3.27. The van der Waals surface area contributed by atoms with Crippen LogP contribution in [0.5, 0.6) is 11.5 Å². The van der Waals surface area contributed by atoms with Gasteiger partial charge in [0.05, 0.1) is 11.4 Å². The number of hydrogen-bond acceptors (Lipinski definition) is 6. The molecule has 1 fully saturated rings. The number of thiophene rings is 1. The average molecular weight is 400 g/mol. The van der Waals surface area contributed by atoms with E-state index >= 15 is 0 Å². The normalized spacial score (nSPS) is 21.0. The number of ether oxygens (including phenoxy) is 2. The topological polar surface area (TPSA) is 84.9 Å². The Bertz CT molecular complexity index is 969. The van der Waals surface area contributed by atoms with Crippen molar-refractivity contribution in [1.29, 1.82) is 0 Å². The molecular formula is C20H20N2O5S. The monoisotopic (exact) mass is 400 g/mol. The number of Topliss-reactive ketones (excluding diaryl/α,β-unsaturated/α-hetero) is 1. The molecule has 4 rings (SSSR count). The van der Waals surface area contributed by atoms with Crippen LogP contribution in [-0.2, 0) is 16.8 Å². The van der Waals surface area contributed by atoms with Crippen molar-refractivity contribution < 1.29 is 23.9 Å². The van der Waals surface area contributed by atoms with E-state index in [-0.39, 0.29) is 12.3 Å². The number of fused-ring (bicyclic) bond motifs is 1. The van der Waals surface area contributed by atoms with E-state index in [1.807, 2.05) is 13.0 Å². The molecular weight excluding hydrogens is 380 g/mol. The van der Waals surface area contributed by atoms with E-state index in [1.54, 1.807) is 31.2 Å². The molecule has 0 saturated carbocycles. The molecule has 146 valence electrons. The van der Waals surface area contributed by atoms with Crippen molar-refractivity contribution in [3.63, 3.8) is 0 Å². The van der Waals surface area contributed by atoms with E-state index in [9.17, 15) is 14.4 Å². The van der Waals surface area contributed by atoms with E-state index in [0.717, 1.165) is 16.2 Å². The first-order valence-electron chi connectivity index (χ1n) is 9.08. The molecule has 1 saturated heterocycles. The number of carbonyl (C=O) groups is 3. The van der Waals surface area contributed by atoms with E-state index in [4.69, 9.17) is 9.47 Å². The Hall–Kier alpha value is -2.87. The number of imide groups is 1. The highest BCUT2D eigenvalue weighted by Crippen LogP contribution is 2.37. The van der Waals surface area contributed by atoms with E-state index < -0.39 is 17.5 Å². The van der Waals surface area contributed by atoms with Crippen LogP contribution in [-0.4, -0.2) is 42.4 Å². The molecule has 7 nitrogen and oxygen atoms in total. The second-order valence-corrected chi connectivity index (χ2v) is 8.02. The number of aryl methyl sites for hydroxylation is 1. The zero-order valence-electron chi connectivity index (χ0n) is 15.6. The van der Waals surface area contributed by atoms with Gasteiger partial charge in [-0.25, -0.2) is 4.79 Å². The first-order chi connectivity index (χ1) is 13.4. The Balaban J connectivity index is 1.57. The summed E-state index contributed by atoms with van der Waals surface area (Å²) in [6, 6.07) is 8.20. The summed E-state index contributed by atoms with van der Waals surface area (Å²) in [5, 5.41) is 2.72. The molecule has 0 bridgehead atoms. The van der Waals surface area contributed by atoms with Crippen LogP contribution in [0.4, 0.5) is 4.79 Å². The summed E-state index contributed by atoms with van der Waals surface area (Å²) in [6.07, 6.45) is 0.837. The lowest BCUT2D eigenvalue weighted by atomic mass is 9.91. The molecule has 0 radical (unpaired) electrons. The van der Waals surface area contributed by atoms with Gasteiger partial charge in [0.25, 0.3) is 5.91 Å². The Morgan fingerprint density at radius 2 is 1.93 bits per heavy atom. The van der Waals surface area contributed by atoms with Gasteiger partial charge in [0, 0.05) is 4.88 Å². The molecule has 0 spiro atoms. The van der Waals surface area contributed by atoms with Gasteiger partial charge in [-0.3, -0.25) is 14.5 Å². The lowest BCUT2D eigenvalue weighted by Gasteiger charge is -2.25. The minimum atomic E-state index is -1.27. The second-order valence-electron chi connectivity index (χ2n) is 6.85. The van der Waals surface area contributed by atoms with Crippen molar-refractivity contribution in [3.8, 4) is 11.5 Å². The summed E-state index contributed by atoms with van der Waals surface area (Å²) >= 11 is 1.39. The molecule has 3 heterocycles. The highest BCUT2D eigenvalue weighted by molar-refractivity contribution is 7.14. The van der Waals surface area contributed by atoms with Crippen molar-refractivity contribution >= 4 is 29.1 Å². The van der Waals surface area contributed by atoms with Gasteiger partial charge >= 0.3 is 6.03 Å². The van der Waals surface area contributed by atoms with Crippen molar-refractivity contribution in [3.05, 3.63) is 45.6 Å². The summed E-state index contributed by atoms with van der Waals surface area (Å²) in [4.78, 5) is 40.7. The summed E-state index contributed by atoms with van der Waals surface area (Å²) in [6.45, 7) is 4.25. The van der Waals surface area contributed by atoms with Crippen LogP contribution in [0.25, 0.3) is 0 Å². The van der Waals surface area contributed by atoms with Crippen molar-refractivity contribution in [2.75, 3.05) is 19.8 Å². The number of amides is 3. The lowest BCUT2D eigenvalue weighted by Crippen LogP contribution is -2.41. The number of urea groups is 1. The fourth-order valence-corrected chi connectivity index (χ4v) is 4.21. The largest absolute Gasteiger partial charge is 0.486 e.